The van der Waals surface area contributed by atoms with E-state index in [1.807, 2.05) is 0 Å². The molecule has 2 aliphatic rings. The van der Waals surface area contributed by atoms with Gasteiger partial charge in [0.1, 0.15) is 0 Å². The van der Waals surface area contributed by atoms with E-state index in [1.165, 1.54) is 18.5 Å². The second-order valence-corrected chi connectivity index (χ2v) is 6.21. The quantitative estimate of drug-likeness (QED) is 0.862. The normalized spacial score (nSPS) is 26.7. The van der Waals surface area contributed by atoms with Crippen LogP contribution in [-0.2, 0) is 0 Å². The highest BCUT2D eigenvalue weighted by atomic mass is 16.5. The van der Waals surface area contributed by atoms with Crippen LogP contribution in [0.2, 0.25) is 0 Å². The average Bonchev–Trinajstić information content (AvgIpc) is 2.70. The molecule has 116 valence electrons. The fourth-order valence-corrected chi connectivity index (χ4v) is 3.07. The zero-order valence-electron chi connectivity index (χ0n) is 13.1. The molecule has 1 N–H and O–H groups in total. The van der Waals surface area contributed by atoms with Crippen LogP contribution in [0.4, 0.5) is 5.69 Å². The Labute approximate surface area is 127 Å². The molecule has 0 saturated carbocycles. The summed E-state index contributed by atoms with van der Waals surface area (Å²) in [4.78, 5) is 2.47. The Kier molecular flexibility index (Phi) is 4.54. The number of benzene rings is 1. The van der Waals surface area contributed by atoms with Crippen LogP contribution >= 0.6 is 0 Å². The fourth-order valence-electron chi connectivity index (χ4n) is 3.07. The van der Waals surface area contributed by atoms with E-state index in [-0.39, 0.29) is 0 Å². The standard InChI is InChI=1S/C17H26N2O2/c1-13-6-8-19(9-7-14(2)18-13)15-4-5-16-17(12-15)21-11-3-10-20-16/h4-5,12-14,18H,3,6-11H2,1-2H3. The predicted molar refractivity (Wildman–Crippen MR) is 85.6 cm³/mol. The Morgan fingerprint density at radius 1 is 1.00 bits per heavy atom. The first-order valence-corrected chi connectivity index (χ1v) is 8.13. The molecule has 3 rings (SSSR count). The molecular weight excluding hydrogens is 264 g/mol. The van der Waals surface area contributed by atoms with E-state index < -0.39 is 0 Å². The maximum Gasteiger partial charge on any atom is 0.163 e. The summed E-state index contributed by atoms with van der Waals surface area (Å²) in [6, 6.07) is 7.51. The van der Waals surface area contributed by atoms with Crippen molar-refractivity contribution >= 4 is 5.69 Å². The minimum absolute atomic E-state index is 0.572. The molecule has 0 spiro atoms. The molecular formula is C17H26N2O2. The molecule has 0 amide bonds. The third-order valence-electron chi connectivity index (χ3n) is 4.33. The monoisotopic (exact) mass is 290 g/mol. The van der Waals surface area contributed by atoms with Gasteiger partial charge in [0, 0.05) is 43.3 Å². The van der Waals surface area contributed by atoms with Gasteiger partial charge in [-0.2, -0.15) is 0 Å². The van der Waals surface area contributed by atoms with Crippen LogP contribution < -0.4 is 19.7 Å². The average molecular weight is 290 g/mol. The predicted octanol–water partition coefficient (Wildman–Crippen LogP) is 2.81. The second-order valence-electron chi connectivity index (χ2n) is 6.21. The van der Waals surface area contributed by atoms with Crippen LogP contribution in [0, 0.1) is 0 Å². The summed E-state index contributed by atoms with van der Waals surface area (Å²) in [5.74, 6) is 1.78. The third kappa shape index (κ3) is 3.62. The number of hydrogen-bond acceptors (Lipinski definition) is 4. The Morgan fingerprint density at radius 3 is 2.38 bits per heavy atom. The van der Waals surface area contributed by atoms with Gasteiger partial charge >= 0.3 is 0 Å². The van der Waals surface area contributed by atoms with E-state index in [1.54, 1.807) is 0 Å². The van der Waals surface area contributed by atoms with E-state index >= 15 is 0 Å². The molecule has 21 heavy (non-hydrogen) atoms. The lowest BCUT2D eigenvalue weighted by molar-refractivity contribution is 0.297. The van der Waals surface area contributed by atoms with Crippen LogP contribution in [0.15, 0.2) is 18.2 Å². The lowest BCUT2D eigenvalue weighted by atomic mass is 10.1. The molecule has 0 radical (unpaired) electrons. The number of fused-ring (bicyclic) bond motifs is 1. The number of ether oxygens (including phenoxy) is 2. The smallest absolute Gasteiger partial charge is 0.163 e. The highest BCUT2D eigenvalue weighted by molar-refractivity contribution is 5.56. The van der Waals surface area contributed by atoms with Crippen LogP contribution in [0.1, 0.15) is 33.1 Å². The molecule has 2 atom stereocenters. The lowest BCUT2D eigenvalue weighted by Gasteiger charge is -2.32. The van der Waals surface area contributed by atoms with Gasteiger partial charge in [-0.3, -0.25) is 0 Å². The van der Waals surface area contributed by atoms with Gasteiger partial charge in [0.05, 0.1) is 13.2 Å². The van der Waals surface area contributed by atoms with E-state index in [0.717, 1.165) is 44.2 Å². The number of rotatable bonds is 1. The summed E-state index contributed by atoms with van der Waals surface area (Å²) in [6.07, 6.45) is 3.28. The van der Waals surface area contributed by atoms with Crippen molar-refractivity contribution in [3.05, 3.63) is 18.2 Å². The maximum absolute atomic E-state index is 5.81. The molecule has 4 nitrogen and oxygen atoms in total. The van der Waals surface area contributed by atoms with Crippen molar-refractivity contribution in [2.45, 2.75) is 45.2 Å². The van der Waals surface area contributed by atoms with Gasteiger partial charge in [0.15, 0.2) is 11.5 Å². The molecule has 4 heteroatoms. The molecule has 0 aliphatic carbocycles. The summed E-state index contributed by atoms with van der Waals surface area (Å²) in [5.41, 5.74) is 1.25. The largest absolute Gasteiger partial charge is 0.490 e. The van der Waals surface area contributed by atoms with E-state index in [9.17, 15) is 0 Å². The first-order chi connectivity index (χ1) is 10.2. The SMILES string of the molecule is CC1CCN(c2ccc3c(c2)OCCCO3)CCC(C)N1. The topological polar surface area (TPSA) is 33.7 Å². The van der Waals surface area contributed by atoms with Gasteiger partial charge in [-0.05, 0) is 38.8 Å². The highest BCUT2D eigenvalue weighted by Gasteiger charge is 2.18. The van der Waals surface area contributed by atoms with Crippen molar-refractivity contribution in [2.24, 2.45) is 0 Å². The minimum atomic E-state index is 0.572. The van der Waals surface area contributed by atoms with Gasteiger partial charge in [-0.25, -0.2) is 0 Å². The van der Waals surface area contributed by atoms with Crippen LogP contribution in [0.25, 0.3) is 0 Å². The lowest BCUT2D eigenvalue weighted by Crippen LogP contribution is -2.43. The molecule has 1 aromatic carbocycles. The zero-order valence-corrected chi connectivity index (χ0v) is 13.1. The highest BCUT2D eigenvalue weighted by Crippen LogP contribution is 2.34. The first kappa shape index (κ1) is 14.5. The van der Waals surface area contributed by atoms with Crippen molar-refractivity contribution in [1.82, 2.24) is 5.32 Å². The molecule has 0 bridgehead atoms. The molecule has 2 unspecified atom stereocenters. The van der Waals surface area contributed by atoms with Crippen molar-refractivity contribution in [2.75, 3.05) is 31.2 Å². The number of anilines is 1. The Bertz CT molecular complexity index is 466. The molecule has 0 aromatic heterocycles. The zero-order chi connectivity index (χ0) is 14.7. The van der Waals surface area contributed by atoms with E-state index in [0.29, 0.717) is 12.1 Å². The number of hydrogen-bond donors (Lipinski definition) is 1. The van der Waals surface area contributed by atoms with Crippen molar-refractivity contribution in [1.29, 1.82) is 0 Å². The van der Waals surface area contributed by atoms with Crippen LogP contribution in [-0.4, -0.2) is 38.4 Å². The van der Waals surface area contributed by atoms with Crippen LogP contribution in [0.5, 0.6) is 11.5 Å². The van der Waals surface area contributed by atoms with Crippen molar-refractivity contribution in [3.63, 3.8) is 0 Å². The first-order valence-electron chi connectivity index (χ1n) is 8.13. The molecule has 1 fully saturated rings. The Hall–Kier alpha value is -1.42. The Balaban J connectivity index is 1.77. The van der Waals surface area contributed by atoms with E-state index in [2.05, 4.69) is 42.3 Å². The minimum Gasteiger partial charge on any atom is -0.490 e. The van der Waals surface area contributed by atoms with Gasteiger partial charge in [0.25, 0.3) is 0 Å². The van der Waals surface area contributed by atoms with Crippen molar-refractivity contribution in [3.8, 4) is 11.5 Å². The number of nitrogens with one attached hydrogen (secondary N) is 1. The summed E-state index contributed by atoms with van der Waals surface area (Å²) in [7, 11) is 0. The molecule has 1 aromatic rings. The van der Waals surface area contributed by atoms with Gasteiger partial charge in [-0.15, -0.1) is 0 Å². The summed E-state index contributed by atoms with van der Waals surface area (Å²) in [6.45, 7) is 8.20. The third-order valence-corrected chi connectivity index (χ3v) is 4.33. The molecule has 2 heterocycles. The van der Waals surface area contributed by atoms with Gasteiger partial charge in [0.2, 0.25) is 0 Å². The van der Waals surface area contributed by atoms with Crippen molar-refractivity contribution < 1.29 is 9.47 Å². The summed E-state index contributed by atoms with van der Waals surface area (Å²) >= 11 is 0. The summed E-state index contributed by atoms with van der Waals surface area (Å²) in [5, 5.41) is 3.64. The van der Waals surface area contributed by atoms with E-state index in [4.69, 9.17) is 9.47 Å². The fraction of sp³-hybridized carbons (Fsp3) is 0.647. The molecule has 2 aliphatic heterocycles. The number of nitrogens with zero attached hydrogens (tertiary/aromatic N) is 1. The second kappa shape index (κ2) is 6.56. The Morgan fingerprint density at radius 2 is 1.67 bits per heavy atom. The molecule has 1 saturated heterocycles. The van der Waals surface area contributed by atoms with Gasteiger partial charge in [-0.1, -0.05) is 0 Å². The summed E-state index contributed by atoms with van der Waals surface area (Å²) < 4.78 is 11.5. The van der Waals surface area contributed by atoms with Crippen LogP contribution in [0.3, 0.4) is 0 Å². The van der Waals surface area contributed by atoms with Gasteiger partial charge < -0.3 is 19.7 Å². The maximum atomic E-state index is 5.81.